The minimum Gasteiger partial charge on any atom is -0.302 e. The van der Waals surface area contributed by atoms with Gasteiger partial charge < -0.3 is 5.32 Å². The van der Waals surface area contributed by atoms with Gasteiger partial charge in [0.2, 0.25) is 0 Å². The third-order valence-electron chi connectivity index (χ3n) is 5.24. The molecule has 2 nitrogen and oxygen atoms in total. The fourth-order valence-electron chi connectivity index (χ4n) is 4.18. The van der Waals surface area contributed by atoms with E-state index in [9.17, 15) is 4.79 Å². The number of carbonyl (C=O) groups is 1. The Morgan fingerprint density at radius 3 is 1.64 bits per heavy atom. The molecule has 2 fully saturated rings. The molecule has 2 heteroatoms. The Balaban J connectivity index is 1.73. The Kier molecular flexibility index (Phi) is 3.55. The number of carbonyl (C=O) groups excluding carboxylic acids is 1. The van der Waals surface area contributed by atoms with Crippen LogP contribution in [-0.4, -0.2) is 5.78 Å². The molecule has 1 saturated heterocycles. The van der Waals surface area contributed by atoms with Crippen molar-refractivity contribution in [3.05, 3.63) is 71.8 Å². The lowest BCUT2D eigenvalue weighted by molar-refractivity contribution is -0.135. The molecular formula is C20H21NO. The zero-order valence-corrected chi connectivity index (χ0v) is 12.6. The zero-order valence-electron chi connectivity index (χ0n) is 12.6. The van der Waals surface area contributed by atoms with Crippen LogP contribution in [0.2, 0.25) is 0 Å². The normalized spacial score (nSPS) is 31.0. The topological polar surface area (TPSA) is 29.1 Å². The molecule has 2 bridgehead atoms. The number of hydrogen-bond donors (Lipinski definition) is 1. The highest BCUT2D eigenvalue weighted by Gasteiger charge is 2.46. The predicted octanol–water partition coefficient (Wildman–Crippen LogP) is 4.06. The summed E-state index contributed by atoms with van der Waals surface area (Å²) in [7, 11) is 0. The number of hydrogen-bond acceptors (Lipinski definition) is 2. The molecule has 4 atom stereocenters. The van der Waals surface area contributed by atoms with E-state index in [1.54, 1.807) is 0 Å². The summed E-state index contributed by atoms with van der Waals surface area (Å²) in [4.78, 5) is 12.9. The van der Waals surface area contributed by atoms with Crippen LogP contribution in [0.15, 0.2) is 60.7 Å². The molecule has 2 aromatic rings. The monoisotopic (exact) mass is 291 g/mol. The van der Waals surface area contributed by atoms with E-state index < -0.39 is 0 Å². The second-order valence-electron chi connectivity index (χ2n) is 6.49. The summed E-state index contributed by atoms with van der Waals surface area (Å²) >= 11 is 0. The molecule has 1 N–H and O–H groups in total. The summed E-state index contributed by atoms with van der Waals surface area (Å²) in [6, 6.07) is 21.2. The van der Waals surface area contributed by atoms with E-state index in [2.05, 4.69) is 53.8 Å². The standard InChI is InChI=1S/C20H21NO/c22-20-16-12-7-13-17(20)19(15-10-5-2-6-11-15)21-18(16)14-8-3-1-4-9-14/h1-6,8-11,16-19,21H,7,12-13H2/t16-,17-,18-,19-/m0/s1. The summed E-state index contributed by atoms with van der Waals surface area (Å²) in [6.07, 6.45) is 3.20. The molecule has 0 unspecified atom stereocenters. The van der Waals surface area contributed by atoms with E-state index in [-0.39, 0.29) is 23.9 Å². The number of fused-ring (bicyclic) bond motifs is 2. The Morgan fingerprint density at radius 1 is 0.727 bits per heavy atom. The molecule has 0 aromatic heterocycles. The van der Waals surface area contributed by atoms with E-state index in [4.69, 9.17) is 0 Å². The Labute approximate surface area is 131 Å². The molecule has 2 aromatic carbocycles. The number of nitrogens with one attached hydrogen (secondary N) is 1. The lowest BCUT2D eigenvalue weighted by Gasteiger charge is -2.45. The van der Waals surface area contributed by atoms with Crippen molar-refractivity contribution in [1.29, 1.82) is 0 Å². The fraction of sp³-hybridized carbons (Fsp3) is 0.350. The van der Waals surface area contributed by atoms with Gasteiger partial charge in [0.25, 0.3) is 0 Å². The minimum atomic E-state index is 0.140. The average molecular weight is 291 g/mol. The summed E-state index contributed by atoms with van der Waals surface area (Å²) < 4.78 is 0. The van der Waals surface area contributed by atoms with Crippen LogP contribution in [0.5, 0.6) is 0 Å². The molecule has 0 spiro atoms. The minimum absolute atomic E-state index is 0.140. The van der Waals surface area contributed by atoms with Crippen LogP contribution < -0.4 is 5.32 Å². The van der Waals surface area contributed by atoms with Gasteiger partial charge in [-0.1, -0.05) is 67.1 Å². The van der Waals surface area contributed by atoms with Gasteiger partial charge >= 0.3 is 0 Å². The van der Waals surface area contributed by atoms with Crippen molar-refractivity contribution < 1.29 is 4.79 Å². The van der Waals surface area contributed by atoms with Crippen molar-refractivity contribution in [2.24, 2.45) is 11.8 Å². The number of rotatable bonds is 2. The first-order valence-corrected chi connectivity index (χ1v) is 8.24. The van der Waals surface area contributed by atoms with E-state index in [1.807, 2.05) is 12.1 Å². The predicted molar refractivity (Wildman–Crippen MR) is 87.3 cm³/mol. The smallest absolute Gasteiger partial charge is 0.142 e. The second kappa shape index (κ2) is 5.69. The lowest BCUT2D eigenvalue weighted by Crippen LogP contribution is -2.50. The van der Waals surface area contributed by atoms with E-state index in [0.717, 1.165) is 19.3 Å². The quantitative estimate of drug-likeness (QED) is 0.904. The summed E-state index contributed by atoms with van der Waals surface area (Å²) in [5.41, 5.74) is 2.48. The largest absolute Gasteiger partial charge is 0.302 e. The van der Waals surface area contributed by atoms with Crippen molar-refractivity contribution in [3.63, 3.8) is 0 Å². The van der Waals surface area contributed by atoms with Crippen LogP contribution in [0, 0.1) is 11.8 Å². The molecule has 0 radical (unpaired) electrons. The van der Waals surface area contributed by atoms with Crippen molar-refractivity contribution in [2.45, 2.75) is 31.3 Å². The van der Waals surface area contributed by atoms with Crippen LogP contribution >= 0.6 is 0 Å². The molecule has 22 heavy (non-hydrogen) atoms. The van der Waals surface area contributed by atoms with E-state index in [1.165, 1.54) is 11.1 Å². The van der Waals surface area contributed by atoms with Gasteiger partial charge in [0.1, 0.15) is 5.78 Å². The number of piperidine rings is 1. The summed E-state index contributed by atoms with van der Waals surface area (Å²) in [5.74, 6) is 0.745. The average Bonchev–Trinajstić information content (AvgIpc) is 2.57. The van der Waals surface area contributed by atoms with Gasteiger partial charge in [-0.3, -0.25) is 4.79 Å². The molecule has 112 valence electrons. The molecule has 1 aliphatic carbocycles. The molecule has 4 rings (SSSR count). The van der Waals surface area contributed by atoms with Crippen molar-refractivity contribution >= 4 is 5.78 Å². The first kappa shape index (κ1) is 13.7. The fourth-order valence-corrected chi connectivity index (χ4v) is 4.18. The Hall–Kier alpha value is -1.93. The van der Waals surface area contributed by atoms with E-state index >= 15 is 0 Å². The Morgan fingerprint density at radius 2 is 1.18 bits per heavy atom. The van der Waals surface area contributed by atoms with Gasteiger partial charge in [-0.25, -0.2) is 0 Å². The number of ketones is 1. The maximum atomic E-state index is 12.9. The highest BCUT2D eigenvalue weighted by atomic mass is 16.1. The Bertz CT molecular complexity index is 596. The SMILES string of the molecule is O=C1[C@H]2CCC[C@H]1[C@H](c1ccccc1)N[C@H]2c1ccccc1. The van der Waals surface area contributed by atoms with Crippen LogP contribution in [0.3, 0.4) is 0 Å². The van der Waals surface area contributed by atoms with Crippen molar-refractivity contribution in [1.82, 2.24) is 5.32 Å². The third kappa shape index (κ3) is 2.28. The van der Waals surface area contributed by atoms with Crippen molar-refractivity contribution in [2.75, 3.05) is 0 Å². The first-order valence-electron chi connectivity index (χ1n) is 8.24. The molecule has 2 aliphatic rings. The molecule has 1 heterocycles. The lowest BCUT2D eigenvalue weighted by atomic mass is 9.67. The van der Waals surface area contributed by atoms with Gasteiger partial charge in [0, 0.05) is 23.9 Å². The number of Topliss-reactive ketones (excluding diaryl/α,β-unsaturated/α-hetero) is 1. The third-order valence-corrected chi connectivity index (χ3v) is 5.24. The number of benzene rings is 2. The zero-order chi connectivity index (χ0) is 14.9. The van der Waals surface area contributed by atoms with Crippen LogP contribution in [0.1, 0.15) is 42.5 Å². The van der Waals surface area contributed by atoms with E-state index in [0.29, 0.717) is 5.78 Å². The highest BCUT2D eigenvalue weighted by molar-refractivity contribution is 5.86. The van der Waals surface area contributed by atoms with Crippen LogP contribution in [0.25, 0.3) is 0 Å². The highest BCUT2D eigenvalue weighted by Crippen LogP contribution is 2.45. The van der Waals surface area contributed by atoms with Gasteiger partial charge in [-0.05, 0) is 24.0 Å². The second-order valence-corrected chi connectivity index (χ2v) is 6.49. The van der Waals surface area contributed by atoms with Gasteiger partial charge in [0.05, 0.1) is 0 Å². The molecule has 0 amide bonds. The molecule has 1 saturated carbocycles. The summed E-state index contributed by atoms with van der Waals surface area (Å²) in [5, 5.41) is 3.80. The van der Waals surface area contributed by atoms with Gasteiger partial charge in [-0.2, -0.15) is 0 Å². The molecular weight excluding hydrogens is 270 g/mol. The van der Waals surface area contributed by atoms with Crippen LogP contribution in [-0.2, 0) is 4.79 Å². The maximum absolute atomic E-state index is 12.9. The first-order chi connectivity index (χ1) is 10.8. The molecule has 1 aliphatic heterocycles. The van der Waals surface area contributed by atoms with Gasteiger partial charge in [0.15, 0.2) is 0 Å². The van der Waals surface area contributed by atoms with Gasteiger partial charge in [-0.15, -0.1) is 0 Å². The van der Waals surface area contributed by atoms with Crippen LogP contribution in [0.4, 0.5) is 0 Å². The van der Waals surface area contributed by atoms with Crippen molar-refractivity contribution in [3.8, 4) is 0 Å². The summed E-state index contributed by atoms with van der Waals surface area (Å²) in [6.45, 7) is 0. The maximum Gasteiger partial charge on any atom is 0.142 e.